The second-order valence-electron chi connectivity index (χ2n) is 10.9. The SMILES string of the molecule is CC(=O)OC[C@H]1O[C@@H](OC(C)=O)[C@H](NC(=O)N[C@H]2[C@@H](OC(C)=O)O[C@H](COC(C)=O)[C@@H](OC(C)=O)[C@@H]2OC(C)=O)[C@@H](OC(C)=O)[C@@H]1OC(C)=O. The van der Waals surface area contributed by atoms with Crippen molar-refractivity contribution in [1.82, 2.24) is 10.6 Å². The normalized spacial score (nSPS) is 28.7. The van der Waals surface area contributed by atoms with Gasteiger partial charge in [-0.2, -0.15) is 0 Å². The van der Waals surface area contributed by atoms with E-state index in [4.69, 9.17) is 47.4 Å². The van der Waals surface area contributed by atoms with Gasteiger partial charge >= 0.3 is 53.8 Å². The summed E-state index contributed by atoms with van der Waals surface area (Å²) in [6.45, 7) is 7.03. The maximum atomic E-state index is 13.7. The van der Waals surface area contributed by atoms with Crippen molar-refractivity contribution in [2.75, 3.05) is 13.2 Å². The molecule has 2 fully saturated rings. The Kier molecular flexibility index (Phi) is 15.3. The molecule has 0 aliphatic carbocycles. The molecule has 280 valence electrons. The van der Waals surface area contributed by atoms with E-state index in [0.29, 0.717) is 0 Å². The van der Waals surface area contributed by atoms with Crippen LogP contribution in [0.2, 0.25) is 0 Å². The highest BCUT2D eigenvalue weighted by Crippen LogP contribution is 2.30. The summed E-state index contributed by atoms with van der Waals surface area (Å²) in [5.74, 6) is -7.07. The molecule has 50 heavy (non-hydrogen) atoms. The van der Waals surface area contributed by atoms with Crippen molar-refractivity contribution >= 4 is 53.8 Å². The molecule has 2 rings (SSSR count). The number of hydrogen-bond donors (Lipinski definition) is 2. The number of hydrogen-bond acceptors (Lipinski definition) is 19. The van der Waals surface area contributed by atoms with Gasteiger partial charge in [-0.05, 0) is 0 Å². The lowest BCUT2D eigenvalue weighted by molar-refractivity contribution is -0.272. The molecule has 2 saturated heterocycles. The van der Waals surface area contributed by atoms with Crippen LogP contribution < -0.4 is 10.6 Å². The van der Waals surface area contributed by atoms with Crippen molar-refractivity contribution in [2.24, 2.45) is 0 Å². The highest BCUT2D eigenvalue weighted by Gasteiger charge is 2.55. The molecule has 0 aromatic carbocycles. The number of esters is 8. The average molecular weight is 721 g/mol. The zero-order valence-corrected chi connectivity index (χ0v) is 28.4. The molecule has 10 atom stereocenters. The zero-order valence-electron chi connectivity index (χ0n) is 28.4. The van der Waals surface area contributed by atoms with E-state index < -0.39 is 128 Å². The van der Waals surface area contributed by atoms with Gasteiger partial charge in [0.05, 0.1) is 0 Å². The molecule has 2 heterocycles. The summed E-state index contributed by atoms with van der Waals surface area (Å²) < 4.78 is 53.4. The average Bonchev–Trinajstić information content (AvgIpc) is 2.95. The lowest BCUT2D eigenvalue weighted by atomic mass is 9.95. The smallest absolute Gasteiger partial charge is 0.315 e. The topological polar surface area (TPSA) is 270 Å². The van der Waals surface area contributed by atoms with Crippen molar-refractivity contribution in [3.63, 3.8) is 0 Å². The molecule has 2 N–H and O–H groups in total. The summed E-state index contributed by atoms with van der Waals surface area (Å²) in [6.07, 6.45) is -12.7. The van der Waals surface area contributed by atoms with Crippen molar-refractivity contribution in [3.05, 3.63) is 0 Å². The minimum Gasteiger partial charge on any atom is -0.463 e. The van der Waals surface area contributed by atoms with Gasteiger partial charge in [-0.1, -0.05) is 0 Å². The summed E-state index contributed by atoms with van der Waals surface area (Å²) in [7, 11) is 0. The first-order chi connectivity index (χ1) is 23.3. The molecular weight excluding hydrogens is 680 g/mol. The zero-order chi connectivity index (χ0) is 37.9. The van der Waals surface area contributed by atoms with Crippen LogP contribution in [0.3, 0.4) is 0 Å². The third-order valence-corrected chi connectivity index (χ3v) is 6.56. The van der Waals surface area contributed by atoms with Gasteiger partial charge in [0.1, 0.15) is 37.5 Å². The Morgan fingerprint density at radius 3 is 0.960 bits per heavy atom. The second-order valence-corrected chi connectivity index (χ2v) is 10.9. The fourth-order valence-corrected chi connectivity index (χ4v) is 4.98. The molecule has 0 spiro atoms. The van der Waals surface area contributed by atoms with Crippen LogP contribution in [0.5, 0.6) is 0 Å². The number of ether oxygens (including phenoxy) is 10. The van der Waals surface area contributed by atoms with Crippen LogP contribution in [-0.2, 0) is 85.7 Å². The molecule has 21 nitrogen and oxygen atoms in total. The molecule has 0 aromatic rings. The number of carbonyl (C=O) groups excluding carboxylic acids is 9. The molecule has 21 heteroatoms. The van der Waals surface area contributed by atoms with Gasteiger partial charge < -0.3 is 58.0 Å². The molecule has 2 aliphatic rings. The predicted octanol–water partition coefficient (Wildman–Crippen LogP) is -1.55. The second kappa shape index (κ2) is 18.6. The van der Waals surface area contributed by atoms with Gasteiger partial charge in [-0.15, -0.1) is 0 Å². The predicted molar refractivity (Wildman–Crippen MR) is 156 cm³/mol. The van der Waals surface area contributed by atoms with Crippen molar-refractivity contribution in [3.8, 4) is 0 Å². The molecule has 2 aliphatic heterocycles. The van der Waals surface area contributed by atoms with Crippen LogP contribution in [0, 0.1) is 0 Å². The van der Waals surface area contributed by atoms with Gasteiger partial charge in [0.15, 0.2) is 24.4 Å². The maximum Gasteiger partial charge on any atom is 0.315 e. The van der Waals surface area contributed by atoms with Crippen LogP contribution in [0.25, 0.3) is 0 Å². The first-order valence-electron chi connectivity index (χ1n) is 15.0. The molecule has 0 bridgehead atoms. The van der Waals surface area contributed by atoms with Crippen LogP contribution in [-0.4, -0.2) is 128 Å². The van der Waals surface area contributed by atoms with Crippen molar-refractivity contribution in [2.45, 2.75) is 117 Å². The van der Waals surface area contributed by atoms with E-state index in [1.807, 2.05) is 0 Å². The number of carbonyl (C=O) groups is 9. The molecule has 0 saturated carbocycles. The van der Waals surface area contributed by atoms with Crippen molar-refractivity contribution in [1.29, 1.82) is 0 Å². The van der Waals surface area contributed by atoms with E-state index in [1.54, 1.807) is 0 Å². The van der Waals surface area contributed by atoms with E-state index in [9.17, 15) is 43.2 Å². The minimum atomic E-state index is -1.77. The molecule has 2 amide bonds. The van der Waals surface area contributed by atoms with E-state index in [1.165, 1.54) is 0 Å². The van der Waals surface area contributed by atoms with Crippen LogP contribution in [0.4, 0.5) is 4.79 Å². The molecular formula is C29H40N2O19. The van der Waals surface area contributed by atoms with Crippen LogP contribution >= 0.6 is 0 Å². The Labute approximate surface area is 285 Å². The number of rotatable bonds is 12. The Balaban J connectivity index is 2.58. The van der Waals surface area contributed by atoms with E-state index >= 15 is 0 Å². The van der Waals surface area contributed by atoms with E-state index in [0.717, 1.165) is 55.4 Å². The standard InChI is InChI=1S/C29H40N2O19/c1-11(32)41-9-19-23(43-13(3)34)25(45-15(5)36)21(27(49-19)47-17(7)38)30-29(40)31-22-26(46-16(6)37)24(44-14(4)35)20(10-42-12(2)33)50-28(22)48-18(8)39/h19-28H,9-10H2,1-8H3,(H2,30,31,40)/t19-,20-,21-,22-,23-,24-,25-,26-,27-,28+/m1/s1. The lowest BCUT2D eigenvalue weighted by Gasteiger charge is -2.46. The Bertz CT molecular complexity index is 1220. The Morgan fingerprint density at radius 1 is 0.420 bits per heavy atom. The van der Waals surface area contributed by atoms with Crippen molar-refractivity contribution < 1.29 is 90.5 Å². The number of urea groups is 1. The summed E-state index contributed by atoms with van der Waals surface area (Å²) in [4.78, 5) is 110. The van der Waals surface area contributed by atoms with Gasteiger partial charge in [-0.25, -0.2) is 4.79 Å². The van der Waals surface area contributed by atoms with Gasteiger partial charge in [0.2, 0.25) is 12.6 Å². The number of nitrogens with one attached hydrogen (secondary N) is 2. The summed E-state index contributed by atoms with van der Waals surface area (Å²) in [5, 5.41) is 4.76. The number of amides is 2. The summed E-state index contributed by atoms with van der Waals surface area (Å²) >= 11 is 0. The summed E-state index contributed by atoms with van der Waals surface area (Å²) in [5.41, 5.74) is 0. The highest BCUT2D eigenvalue weighted by atomic mass is 16.7. The van der Waals surface area contributed by atoms with E-state index in [2.05, 4.69) is 10.6 Å². The molecule has 0 unspecified atom stereocenters. The van der Waals surface area contributed by atoms with E-state index in [-0.39, 0.29) is 0 Å². The van der Waals surface area contributed by atoms with Crippen LogP contribution in [0.1, 0.15) is 55.4 Å². The van der Waals surface area contributed by atoms with Gasteiger partial charge in [0.25, 0.3) is 0 Å². The lowest BCUT2D eigenvalue weighted by Crippen LogP contribution is -2.70. The third kappa shape index (κ3) is 12.8. The molecule has 0 radical (unpaired) electrons. The summed E-state index contributed by atoms with van der Waals surface area (Å²) in [6, 6.07) is -4.55. The van der Waals surface area contributed by atoms with Crippen LogP contribution in [0.15, 0.2) is 0 Å². The third-order valence-electron chi connectivity index (χ3n) is 6.56. The first-order valence-corrected chi connectivity index (χ1v) is 15.0. The Hall–Kier alpha value is -5.05. The Morgan fingerprint density at radius 2 is 0.700 bits per heavy atom. The maximum absolute atomic E-state index is 13.7. The molecule has 0 aromatic heterocycles. The highest BCUT2D eigenvalue weighted by molar-refractivity contribution is 5.76. The fourth-order valence-electron chi connectivity index (χ4n) is 4.98. The fraction of sp³-hybridized carbons (Fsp3) is 0.690. The quantitative estimate of drug-likeness (QED) is 0.171. The monoisotopic (exact) mass is 720 g/mol. The minimum absolute atomic E-state index is 0.568. The first kappa shape index (κ1) is 41.1. The largest absolute Gasteiger partial charge is 0.463 e. The van der Waals surface area contributed by atoms with Gasteiger partial charge in [-0.3, -0.25) is 38.4 Å². The van der Waals surface area contributed by atoms with Gasteiger partial charge in [0, 0.05) is 55.4 Å².